The van der Waals surface area contributed by atoms with E-state index in [9.17, 15) is 0 Å². The molecule has 0 N–H and O–H groups in total. The van der Waals surface area contributed by atoms with E-state index in [4.69, 9.17) is 0 Å². The van der Waals surface area contributed by atoms with Crippen LogP contribution in [-0.4, -0.2) is 24.6 Å². The van der Waals surface area contributed by atoms with Crippen LogP contribution in [0.1, 0.15) is 91.9 Å². The van der Waals surface area contributed by atoms with Crippen LogP contribution in [0.3, 0.4) is 0 Å². The summed E-state index contributed by atoms with van der Waals surface area (Å²) >= 11 is 4.49. The van der Waals surface area contributed by atoms with Gasteiger partial charge in [0.1, 0.15) is 0 Å². The fourth-order valence-corrected chi connectivity index (χ4v) is 11.9. The van der Waals surface area contributed by atoms with Gasteiger partial charge in [-0.05, 0) is 0 Å². The molecule has 0 radical (unpaired) electrons. The monoisotopic (exact) mass is 366 g/mol. The molecule has 0 aromatic heterocycles. The summed E-state index contributed by atoms with van der Waals surface area (Å²) in [6.45, 7) is 9.37. The molecule has 0 aliphatic heterocycles. The molecule has 0 saturated heterocycles. The first-order chi connectivity index (χ1) is 9.54. The second kappa shape index (κ2) is 11.5. The van der Waals surface area contributed by atoms with E-state index >= 15 is 0 Å². The Hall–Kier alpha value is 0.910. The van der Waals surface area contributed by atoms with Gasteiger partial charge in [0.2, 0.25) is 0 Å². The average molecular weight is 367 g/mol. The van der Waals surface area contributed by atoms with Gasteiger partial charge in [0, 0.05) is 0 Å². The third-order valence-corrected chi connectivity index (χ3v) is 14.8. The zero-order valence-corrected chi connectivity index (χ0v) is 17.2. The van der Waals surface area contributed by atoms with Crippen molar-refractivity contribution in [3.8, 4) is 0 Å². The van der Waals surface area contributed by atoms with Gasteiger partial charge in [0.25, 0.3) is 0 Å². The van der Waals surface area contributed by atoms with E-state index in [-0.39, 0.29) is 0 Å². The molecule has 0 heterocycles. The van der Waals surface area contributed by atoms with Gasteiger partial charge in [-0.15, -0.1) is 0 Å². The molecule has 124 valence electrons. The number of halogens is 1. The predicted molar refractivity (Wildman–Crippen MR) is 104 cm³/mol. The van der Waals surface area contributed by atoms with E-state index < -0.39 is 5.31 Å². The van der Waals surface area contributed by atoms with Crippen molar-refractivity contribution in [2.45, 2.75) is 91.9 Å². The van der Waals surface area contributed by atoms with Crippen LogP contribution in [0.25, 0.3) is 0 Å². The quantitative estimate of drug-likeness (QED) is 0.217. The Bertz CT molecular complexity index is 205. The Morgan fingerprint density at radius 2 is 0.800 bits per heavy atom. The van der Waals surface area contributed by atoms with Crippen molar-refractivity contribution >= 4 is 20.8 Å². The van der Waals surface area contributed by atoms with Crippen molar-refractivity contribution in [2.75, 3.05) is 24.6 Å². The van der Waals surface area contributed by atoms with Crippen LogP contribution in [0.4, 0.5) is 0 Å². The van der Waals surface area contributed by atoms with Gasteiger partial charge in [-0.1, -0.05) is 0 Å². The van der Waals surface area contributed by atoms with Crippen molar-refractivity contribution in [2.24, 2.45) is 0 Å². The summed E-state index contributed by atoms with van der Waals surface area (Å²) in [5.74, 6) is 0. The van der Waals surface area contributed by atoms with E-state index in [1.54, 1.807) is 0 Å². The summed E-state index contributed by atoms with van der Waals surface area (Å²) in [6, 6.07) is 0. The SMILES string of the molecule is CCCCCP(Br)(CCCC)(CCCC)CCCCC. The van der Waals surface area contributed by atoms with Crippen LogP contribution in [0, 0.1) is 0 Å². The van der Waals surface area contributed by atoms with Crippen molar-refractivity contribution in [1.82, 2.24) is 0 Å². The molecule has 0 rings (SSSR count). The molecule has 0 aliphatic carbocycles. The van der Waals surface area contributed by atoms with E-state index in [0.717, 1.165) is 0 Å². The molecule has 0 fully saturated rings. The van der Waals surface area contributed by atoms with Gasteiger partial charge in [-0.2, -0.15) is 0 Å². The number of unbranched alkanes of at least 4 members (excludes halogenated alkanes) is 6. The minimum atomic E-state index is -1.58. The van der Waals surface area contributed by atoms with Gasteiger partial charge < -0.3 is 0 Å². The van der Waals surface area contributed by atoms with Crippen LogP contribution >= 0.6 is 20.8 Å². The summed E-state index contributed by atoms with van der Waals surface area (Å²) in [5.41, 5.74) is 0. The number of rotatable bonds is 14. The Morgan fingerprint density at radius 1 is 0.500 bits per heavy atom. The maximum absolute atomic E-state index is 4.49. The zero-order chi connectivity index (χ0) is 15.3. The van der Waals surface area contributed by atoms with Crippen molar-refractivity contribution in [1.29, 1.82) is 0 Å². The Morgan fingerprint density at radius 3 is 1.10 bits per heavy atom. The Kier molecular flexibility index (Phi) is 12.0. The summed E-state index contributed by atoms with van der Waals surface area (Å²) in [7, 11) is 0. The third-order valence-electron chi connectivity index (χ3n) is 4.78. The molecule has 0 aromatic carbocycles. The molecule has 0 bridgehead atoms. The topological polar surface area (TPSA) is 0 Å². The molecule has 0 saturated carbocycles. The Labute approximate surface area is 137 Å². The van der Waals surface area contributed by atoms with E-state index in [0.29, 0.717) is 0 Å². The predicted octanol–water partition coefficient (Wildman–Crippen LogP) is 7.83. The number of hydrogen-bond acceptors (Lipinski definition) is 0. The molecular weight excluding hydrogens is 327 g/mol. The van der Waals surface area contributed by atoms with Gasteiger partial charge in [-0.3, -0.25) is 0 Å². The number of hydrogen-bond donors (Lipinski definition) is 0. The first-order valence-electron chi connectivity index (χ1n) is 9.26. The summed E-state index contributed by atoms with van der Waals surface area (Å²) < 4.78 is 0. The maximum atomic E-state index is 4.49. The molecule has 0 spiro atoms. The minimum absolute atomic E-state index is 1.36. The van der Waals surface area contributed by atoms with Crippen LogP contribution in [0.2, 0.25) is 0 Å². The van der Waals surface area contributed by atoms with Crippen LogP contribution < -0.4 is 0 Å². The van der Waals surface area contributed by atoms with Gasteiger partial charge in [0.05, 0.1) is 0 Å². The zero-order valence-electron chi connectivity index (χ0n) is 14.7. The van der Waals surface area contributed by atoms with Gasteiger partial charge in [0.15, 0.2) is 0 Å². The fourth-order valence-electron chi connectivity index (χ4n) is 3.29. The standard InChI is InChI=1S/C18H40BrP/c1-5-9-13-17-20(19,15-11-7-3,16-12-8-4)18-14-10-6-2/h5-18H2,1-4H3. The molecule has 20 heavy (non-hydrogen) atoms. The molecule has 0 amide bonds. The summed E-state index contributed by atoms with van der Waals surface area (Å²) in [5, 5.41) is -1.58. The van der Waals surface area contributed by atoms with Gasteiger partial charge >= 0.3 is 137 Å². The third kappa shape index (κ3) is 8.38. The van der Waals surface area contributed by atoms with Crippen molar-refractivity contribution < 1.29 is 0 Å². The van der Waals surface area contributed by atoms with Crippen molar-refractivity contribution in [3.05, 3.63) is 0 Å². The molecular formula is C18H40BrP. The Balaban J connectivity index is 4.83. The molecule has 0 atom stereocenters. The second-order valence-electron chi connectivity index (χ2n) is 6.84. The van der Waals surface area contributed by atoms with Crippen molar-refractivity contribution in [3.63, 3.8) is 0 Å². The summed E-state index contributed by atoms with van der Waals surface area (Å²) in [6.07, 6.45) is 20.1. The van der Waals surface area contributed by atoms with Crippen LogP contribution in [0.5, 0.6) is 0 Å². The van der Waals surface area contributed by atoms with Crippen LogP contribution in [0.15, 0.2) is 0 Å². The normalized spacial score (nSPS) is 14.2. The molecule has 0 nitrogen and oxygen atoms in total. The fraction of sp³-hybridized carbons (Fsp3) is 1.00. The molecule has 0 unspecified atom stereocenters. The first-order valence-corrected chi connectivity index (χ1v) is 14.3. The molecule has 0 aromatic rings. The average Bonchev–Trinajstić information content (AvgIpc) is 2.44. The van der Waals surface area contributed by atoms with E-state index in [2.05, 4.69) is 43.2 Å². The van der Waals surface area contributed by atoms with E-state index in [1.807, 2.05) is 0 Å². The van der Waals surface area contributed by atoms with E-state index in [1.165, 1.54) is 88.9 Å². The molecule has 0 aliphatic rings. The molecule has 2 heteroatoms. The van der Waals surface area contributed by atoms with Crippen LogP contribution in [-0.2, 0) is 0 Å². The summed E-state index contributed by atoms with van der Waals surface area (Å²) in [4.78, 5) is 0. The van der Waals surface area contributed by atoms with Gasteiger partial charge in [-0.25, -0.2) is 0 Å². The second-order valence-corrected chi connectivity index (χ2v) is 18.3. The first kappa shape index (κ1) is 20.9.